The van der Waals surface area contributed by atoms with Crippen LogP contribution in [0.1, 0.15) is 0 Å². The number of hydrogen-bond acceptors (Lipinski definition) is 6. The second kappa shape index (κ2) is 2.46. The van der Waals surface area contributed by atoms with E-state index >= 15 is 0 Å². The molecule has 7 heteroatoms. The fourth-order valence-electron chi connectivity index (χ4n) is 0.695. The summed E-state index contributed by atoms with van der Waals surface area (Å²) in [6.45, 7) is 0. The first-order valence-electron chi connectivity index (χ1n) is 2.65. The standard InChI is InChI=1S/C4H4N6.H3N/c5-3-2-4(7-1-6-3)9-10-8-2;/h1H,(H3,5,6,7,8,9,10);1H3. The zero-order valence-electron chi connectivity index (χ0n) is 5.65. The molecule has 0 spiro atoms. The maximum Gasteiger partial charge on any atom is 0.206 e. The second-order valence-electron chi connectivity index (χ2n) is 1.77. The highest BCUT2D eigenvalue weighted by molar-refractivity contribution is 5.79. The van der Waals surface area contributed by atoms with Gasteiger partial charge in [-0.15, -0.1) is 5.10 Å². The number of H-pyrrole nitrogens is 1. The van der Waals surface area contributed by atoms with Crippen LogP contribution in [0.3, 0.4) is 0 Å². The van der Waals surface area contributed by atoms with Gasteiger partial charge in [-0.05, 0) is 0 Å². The molecule has 2 aromatic heterocycles. The topological polar surface area (TPSA) is 128 Å². The van der Waals surface area contributed by atoms with Gasteiger partial charge in [-0.2, -0.15) is 0 Å². The third-order valence-electron chi connectivity index (χ3n) is 1.16. The van der Waals surface area contributed by atoms with Crippen LogP contribution in [-0.4, -0.2) is 25.4 Å². The smallest absolute Gasteiger partial charge is 0.206 e. The zero-order chi connectivity index (χ0) is 6.97. The first kappa shape index (κ1) is 7.35. The predicted octanol–water partition coefficient (Wildman–Crippen LogP) is -0.508. The van der Waals surface area contributed by atoms with Gasteiger partial charge >= 0.3 is 0 Å². The van der Waals surface area contributed by atoms with Gasteiger partial charge in [-0.3, -0.25) is 5.10 Å². The molecule has 2 rings (SSSR count). The molecule has 0 aromatic carbocycles. The van der Waals surface area contributed by atoms with Gasteiger partial charge in [-0.1, -0.05) is 5.21 Å². The van der Waals surface area contributed by atoms with Crippen LogP contribution in [0.2, 0.25) is 0 Å². The minimum absolute atomic E-state index is 0. The molecule has 0 amide bonds. The second-order valence-corrected chi connectivity index (χ2v) is 1.77. The van der Waals surface area contributed by atoms with E-state index in [1.807, 2.05) is 0 Å². The Balaban J connectivity index is 0.000000605. The Hall–Kier alpha value is -1.76. The summed E-state index contributed by atoms with van der Waals surface area (Å²) in [6.07, 6.45) is 1.35. The van der Waals surface area contributed by atoms with Gasteiger partial charge in [0.1, 0.15) is 11.8 Å². The highest BCUT2D eigenvalue weighted by Crippen LogP contribution is 2.07. The lowest BCUT2D eigenvalue weighted by Gasteiger charge is -1.87. The first-order chi connectivity index (χ1) is 4.88. The van der Waals surface area contributed by atoms with E-state index in [2.05, 4.69) is 25.4 Å². The van der Waals surface area contributed by atoms with Gasteiger partial charge in [-0.25, -0.2) is 9.97 Å². The van der Waals surface area contributed by atoms with Crippen molar-refractivity contribution in [1.82, 2.24) is 31.5 Å². The Morgan fingerprint density at radius 3 is 2.91 bits per heavy atom. The maximum absolute atomic E-state index is 5.44. The average molecular weight is 153 g/mol. The zero-order valence-corrected chi connectivity index (χ0v) is 5.65. The summed E-state index contributed by atoms with van der Waals surface area (Å²) in [7, 11) is 0. The van der Waals surface area contributed by atoms with Crippen molar-refractivity contribution in [3.8, 4) is 0 Å². The highest BCUT2D eigenvalue weighted by Gasteiger charge is 2.00. The normalized spacial score (nSPS) is 9.45. The quantitative estimate of drug-likeness (QED) is 0.467. The molecule has 11 heavy (non-hydrogen) atoms. The largest absolute Gasteiger partial charge is 0.382 e. The van der Waals surface area contributed by atoms with E-state index in [4.69, 9.17) is 5.73 Å². The van der Waals surface area contributed by atoms with Gasteiger partial charge in [0.15, 0.2) is 5.82 Å². The third-order valence-corrected chi connectivity index (χ3v) is 1.16. The maximum atomic E-state index is 5.44. The van der Waals surface area contributed by atoms with E-state index in [1.54, 1.807) is 0 Å². The minimum Gasteiger partial charge on any atom is -0.382 e. The highest BCUT2D eigenvalue weighted by atomic mass is 15.3. The van der Waals surface area contributed by atoms with E-state index in [0.717, 1.165) is 0 Å². The van der Waals surface area contributed by atoms with Crippen LogP contribution in [0.25, 0.3) is 11.2 Å². The van der Waals surface area contributed by atoms with Gasteiger partial charge in [0.2, 0.25) is 5.65 Å². The number of anilines is 1. The number of rotatable bonds is 0. The monoisotopic (exact) mass is 153 g/mol. The molecule has 2 heterocycles. The number of aromatic nitrogens is 5. The van der Waals surface area contributed by atoms with Crippen LogP contribution in [-0.2, 0) is 0 Å². The SMILES string of the molecule is N.Nc1ncnc2nn[nH]c12. The molecule has 6 N–H and O–H groups in total. The Bertz CT molecular complexity index is 352. The van der Waals surface area contributed by atoms with E-state index in [0.29, 0.717) is 17.0 Å². The van der Waals surface area contributed by atoms with E-state index in [9.17, 15) is 0 Å². The Morgan fingerprint density at radius 1 is 1.36 bits per heavy atom. The fourth-order valence-corrected chi connectivity index (χ4v) is 0.695. The number of nitrogens with two attached hydrogens (primary N) is 1. The molecule has 0 aliphatic heterocycles. The van der Waals surface area contributed by atoms with Gasteiger partial charge < -0.3 is 11.9 Å². The minimum atomic E-state index is 0. The Morgan fingerprint density at radius 2 is 2.18 bits per heavy atom. The van der Waals surface area contributed by atoms with Crippen LogP contribution >= 0.6 is 0 Å². The molecule has 0 unspecified atom stereocenters. The molecule has 0 radical (unpaired) electrons. The summed E-state index contributed by atoms with van der Waals surface area (Å²) in [5.74, 6) is 0.370. The summed E-state index contributed by atoms with van der Waals surface area (Å²) >= 11 is 0. The van der Waals surface area contributed by atoms with Crippen LogP contribution in [0, 0.1) is 0 Å². The van der Waals surface area contributed by atoms with E-state index in [1.165, 1.54) is 6.33 Å². The van der Waals surface area contributed by atoms with Crippen LogP contribution in [0.5, 0.6) is 0 Å². The molecular weight excluding hydrogens is 146 g/mol. The lowest BCUT2D eigenvalue weighted by Crippen LogP contribution is -1.91. The van der Waals surface area contributed by atoms with Crippen molar-refractivity contribution in [2.24, 2.45) is 0 Å². The number of hydrogen-bond donors (Lipinski definition) is 3. The predicted molar refractivity (Wildman–Crippen MR) is 38.9 cm³/mol. The molecule has 2 aromatic rings. The lowest BCUT2D eigenvalue weighted by molar-refractivity contribution is 0.954. The summed E-state index contributed by atoms with van der Waals surface area (Å²) in [6, 6.07) is 0. The first-order valence-corrected chi connectivity index (χ1v) is 2.65. The molecule has 0 saturated heterocycles. The van der Waals surface area contributed by atoms with E-state index in [-0.39, 0.29) is 6.15 Å². The lowest BCUT2D eigenvalue weighted by atomic mass is 10.5. The molecule has 7 nitrogen and oxygen atoms in total. The van der Waals surface area contributed by atoms with Crippen molar-refractivity contribution in [3.05, 3.63) is 6.33 Å². The van der Waals surface area contributed by atoms with Gasteiger partial charge in [0.05, 0.1) is 0 Å². The van der Waals surface area contributed by atoms with Crippen molar-refractivity contribution in [1.29, 1.82) is 0 Å². The van der Waals surface area contributed by atoms with Crippen molar-refractivity contribution in [3.63, 3.8) is 0 Å². The number of fused-ring (bicyclic) bond motifs is 1. The number of nitrogens with zero attached hydrogens (tertiary/aromatic N) is 4. The molecule has 0 aliphatic rings. The van der Waals surface area contributed by atoms with Crippen LogP contribution < -0.4 is 11.9 Å². The molecule has 0 bridgehead atoms. The number of nitrogens with one attached hydrogen (secondary N) is 1. The average Bonchev–Trinajstić information content (AvgIpc) is 2.36. The number of nitrogen functional groups attached to an aromatic ring is 1. The third kappa shape index (κ3) is 0.964. The number of aromatic amines is 1. The van der Waals surface area contributed by atoms with Crippen LogP contribution in [0.15, 0.2) is 6.33 Å². The summed E-state index contributed by atoms with van der Waals surface area (Å²) in [5.41, 5.74) is 6.52. The summed E-state index contributed by atoms with van der Waals surface area (Å²) in [4.78, 5) is 7.54. The van der Waals surface area contributed by atoms with Gasteiger partial charge in [0, 0.05) is 0 Å². The molecular formula is C4H7N7. The van der Waals surface area contributed by atoms with Crippen molar-refractivity contribution < 1.29 is 0 Å². The molecule has 0 saturated carbocycles. The summed E-state index contributed by atoms with van der Waals surface area (Å²) in [5, 5.41) is 9.72. The molecule has 0 atom stereocenters. The van der Waals surface area contributed by atoms with Crippen molar-refractivity contribution in [2.75, 3.05) is 5.73 Å². The molecule has 0 aliphatic carbocycles. The molecule has 0 fully saturated rings. The molecule has 58 valence electrons. The Kier molecular flexibility index (Phi) is 1.65. The van der Waals surface area contributed by atoms with Crippen molar-refractivity contribution >= 4 is 17.0 Å². The van der Waals surface area contributed by atoms with Crippen LogP contribution in [0.4, 0.5) is 5.82 Å². The Labute approximate surface area is 61.6 Å². The van der Waals surface area contributed by atoms with Crippen molar-refractivity contribution in [2.45, 2.75) is 0 Å². The van der Waals surface area contributed by atoms with E-state index < -0.39 is 0 Å². The fraction of sp³-hybridized carbons (Fsp3) is 0. The summed E-state index contributed by atoms with van der Waals surface area (Å²) < 4.78 is 0. The van der Waals surface area contributed by atoms with Gasteiger partial charge in [0.25, 0.3) is 0 Å².